The number of hydrazine groups is 1. The third kappa shape index (κ3) is 3.19. The van der Waals surface area contributed by atoms with Gasteiger partial charge in [0.15, 0.2) is 0 Å². The van der Waals surface area contributed by atoms with E-state index in [1.54, 1.807) is 0 Å². The van der Waals surface area contributed by atoms with Crippen LogP contribution in [0.15, 0.2) is 0 Å². The summed E-state index contributed by atoms with van der Waals surface area (Å²) in [6.07, 6.45) is 1.53. The van der Waals surface area contributed by atoms with Crippen LogP contribution in [-0.2, 0) is 4.79 Å². The van der Waals surface area contributed by atoms with Crippen LogP contribution in [0.3, 0.4) is 0 Å². The Hall–Kier alpha value is -0.610. The van der Waals surface area contributed by atoms with Gasteiger partial charge < -0.3 is 0 Å². The van der Waals surface area contributed by atoms with E-state index in [1.165, 1.54) is 0 Å². The predicted molar refractivity (Wildman–Crippen MR) is 46.5 cm³/mol. The molecule has 4 heteroatoms. The number of nitrogens with one attached hydrogen (secondary N) is 1. The van der Waals surface area contributed by atoms with Crippen molar-refractivity contribution in [3.05, 3.63) is 0 Å². The molecule has 0 aromatic rings. The molecule has 1 rings (SSSR count). The molecule has 4 nitrogen and oxygen atoms in total. The zero-order chi connectivity index (χ0) is 8.81. The normalized spacial score (nSPS) is 19.1. The zero-order valence-electron chi connectivity index (χ0n) is 7.55. The molecule has 1 aliphatic heterocycles. The van der Waals surface area contributed by atoms with Crippen molar-refractivity contribution in [1.29, 1.82) is 0 Å². The number of rotatable bonds is 3. The Bertz CT molecular complexity index is 143. The number of amides is 1. The molecule has 69 valence electrons. The molecule has 1 heterocycles. The molecule has 1 saturated heterocycles. The van der Waals surface area contributed by atoms with E-state index in [0.29, 0.717) is 6.42 Å². The highest BCUT2D eigenvalue weighted by Gasteiger charge is 2.11. The molecular formula is C8H16N3O. The largest absolute Gasteiger partial charge is 0.289 e. The molecule has 0 bridgehead atoms. The minimum absolute atomic E-state index is 0.124. The van der Waals surface area contributed by atoms with E-state index in [1.807, 2.05) is 11.9 Å². The Morgan fingerprint density at radius 1 is 1.50 bits per heavy atom. The Labute approximate surface area is 73.3 Å². The van der Waals surface area contributed by atoms with Crippen LogP contribution in [0.1, 0.15) is 19.8 Å². The minimum Gasteiger partial charge on any atom is -0.289 e. The van der Waals surface area contributed by atoms with Gasteiger partial charge in [-0.1, -0.05) is 6.92 Å². The minimum atomic E-state index is 0.124. The van der Waals surface area contributed by atoms with Gasteiger partial charge in [0.05, 0.1) is 0 Å². The van der Waals surface area contributed by atoms with Gasteiger partial charge in [0.2, 0.25) is 5.91 Å². The van der Waals surface area contributed by atoms with Crippen molar-refractivity contribution >= 4 is 5.91 Å². The summed E-state index contributed by atoms with van der Waals surface area (Å²) in [7, 11) is 0. The first-order chi connectivity index (χ1) is 5.83. The number of nitrogens with zero attached hydrogens (tertiary/aromatic N) is 2. The van der Waals surface area contributed by atoms with Crippen molar-refractivity contribution in [3.63, 3.8) is 0 Å². The standard InChI is InChI=1S/C8H16N3O/c1-2-3-8(12)10-11-6-4-9-5-7-11/h2-7H2,1H3,(H,10,12). The van der Waals surface area contributed by atoms with Crippen molar-refractivity contribution in [1.82, 2.24) is 15.8 Å². The third-order valence-electron chi connectivity index (χ3n) is 1.82. The van der Waals surface area contributed by atoms with Gasteiger partial charge >= 0.3 is 0 Å². The average Bonchev–Trinajstić information content (AvgIpc) is 2.06. The third-order valence-corrected chi connectivity index (χ3v) is 1.82. The van der Waals surface area contributed by atoms with Gasteiger partial charge in [0.1, 0.15) is 0 Å². The van der Waals surface area contributed by atoms with Crippen LogP contribution >= 0.6 is 0 Å². The lowest BCUT2D eigenvalue weighted by atomic mass is 10.3. The molecule has 1 radical (unpaired) electrons. The predicted octanol–water partition coefficient (Wildman–Crippen LogP) is -0.262. The lowest BCUT2D eigenvalue weighted by Gasteiger charge is -2.26. The molecule has 1 fully saturated rings. The molecule has 1 aliphatic rings. The van der Waals surface area contributed by atoms with Crippen LogP contribution in [0, 0.1) is 0 Å². The fraction of sp³-hybridized carbons (Fsp3) is 0.875. The zero-order valence-corrected chi connectivity index (χ0v) is 7.55. The highest BCUT2D eigenvalue weighted by atomic mass is 16.2. The lowest BCUT2D eigenvalue weighted by Crippen LogP contribution is -2.50. The quantitative estimate of drug-likeness (QED) is 0.634. The fourth-order valence-corrected chi connectivity index (χ4v) is 1.18. The summed E-state index contributed by atoms with van der Waals surface area (Å²) < 4.78 is 0. The van der Waals surface area contributed by atoms with Gasteiger partial charge in [-0.05, 0) is 6.42 Å². The van der Waals surface area contributed by atoms with Crippen molar-refractivity contribution in [2.24, 2.45) is 0 Å². The summed E-state index contributed by atoms with van der Waals surface area (Å²) in [5, 5.41) is 6.14. The summed E-state index contributed by atoms with van der Waals surface area (Å²) in [5.41, 5.74) is 2.85. The van der Waals surface area contributed by atoms with E-state index in [4.69, 9.17) is 0 Å². The topological polar surface area (TPSA) is 46.4 Å². The van der Waals surface area contributed by atoms with E-state index >= 15 is 0 Å². The molecule has 0 aromatic heterocycles. The fourth-order valence-electron chi connectivity index (χ4n) is 1.18. The molecule has 0 aromatic carbocycles. The molecule has 0 unspecified atom stereocenters. The second kappa shape index (κ2) is 5.11. The monoisotopic (exact) mass is 170 g/mol. The molecular weight excluding hydrogens is 154 g/mol. The molecule has 1 amide bonds. The molecule has 1 N–H and O–H groups in total. The van der Waals surface area contributed by atoms with Crippen LogP contribution in [0.4, 0.5) is 0 Å². The smallest absolute Gasteiger partial charge is 0.234 e. The van der Waals surface area contributed by atoms with Crippen LogP contribution in [0.5, 0.6) is 0 Å². The maximum absolute atomic E-state index is 11.1. The van der Waals surface area contributed by atoms with Crippen molar-refractivity contribution in [2.45, 2.75) is 19.8 Å². The number of hydrogen-bond acceptors (Lipinski definition) is 2. The first-order valence-electron chi connectivity index (χ1n) is 4.50. The summed E-state index contributed by atoms with van der Waals surface area (Å²) in [4.78, 5) is 11.1. The number of hydrogen-bond donors (Lipinski definition) is 1. The molecule has 0 aliphatic carbocycles. The second-order valence-corrected chi connectivity index (χ2v) is 2.94. The van der Waals surface area contributed by atoms with Crippen LogP contribution in [-0.4, -0.2) is 37.1 Å². The summed E-state index contributed by atoms with van der Waals surface area (Å²) in [6.45, 7) is 5.40. The first kappa shape index (κ1) is 9.48. The van der Waals surface area contributed by atoms with Gasteiger partial charge in [-0.25, -0.2) is 10.3 Å². The Kier molecular flexibility index (Phi) is 4.04. The maximum atomic E-state index is 11.1. The molecule has 0 saturated carbocycles. The van der Waals surface area contributed by atoms with Crippen LogP contribution in [0.25, 0.3) is 0 Å². The van der Waals surface area contributed by atoms with Gasteiger partial charge in [-0.3, -0.25) is 10.2 Å². The van der Waals surface area contributed by atoms with Crippen LogP contribution in [0.2, 0.25) is 0 Å². The molecule has 0 atom stereocenters. The van der Waals surface area contributed by atoms with Gasteiger partial charge in [-0.15, -0.1) is 0 Å². The summed E-state index contributed by atoms with van der Waals surface area (Å²) >= 11 is 0. The Morgan fingerprint density at radius 3 is 2.75 bits per heavy atom. The SMILES string of the molecule is CCCC(=O)NN1CC[N]CC1. The van der Waals surface area contributed by atoms with Crippen molar-refractivity contribution < 1.29 is 4.79 Å². The van der Waals surface area contributed by atoms with Gasteiger partial charge in [0, 0.05) is 32.6 Å². The number of carbonyl (C=O) groups excluding carboxylic acids is 1. The van der Waals surface area contributed by atoms with E-state index in [2.05, 4.69) is 10.7 Å². The van der Waals surface area contributed by atoms with E-state index < -0.39 is 0 Å². The van der Waals surface area contributed by atoms with Crippen LogP contribution < -0.4 is 10.7 Å². The van der Waals surface area contributed by atoms with E-state index in [9.17, 15) is 4.79 Å². The van der Waals surface area contributed by atoms with E-state index in [-0.39, 0.29) is 5.91 Å². The summed E-state index contributed by atoms with van der Waals surface area (Å²) in [6, 6.07) is 0. The Balaban J connectivity index is 2.15. The Morgan fingerprint density at radius 2 is 2.17 bits per heavy atom. The highest BCUT2D eigenvalue weighted by Crippen LogP contribution is 1.91. The molecule has 0 spiro atoms. The van der Waals surface area contributed by atoms with E-state index in [0.717, 1.165) is 32.6 Å². The van der Waals surface area contributed by atoms with Gasteiger partial charge in [0.25, 0.3) is 0 Å². The number of carbonyl (C=O) groups is 1. The average molecular weight is 170 g/mol. The lowest BCUT2D eigenvalue weighted by molar-refractivity contribution is -0.126. The molecule has 12 heavy (non-hydrogen) atoms. The number of piperazine rings is 1. The van der Waals surface area contributed by atoms with Gasteiger partial charge in [-0.2, -0.15) is 0 Å². The highest BCUT2D eigenvalue weighted by molar-refractivity contribution is 5.75. The second-order valence-electron chi connectivity index (χ2n) is 2.94. The summed E-state index contributed by atoms with van der Waals surface area (Å²) in [5.74, 6) is 0.124. The first-order valence-corrected chi connectivity index (χ1v) is 4.50. The maximum Gasteiger partial charge on any atom is 0.234 e. The van der Waals surface area contributed by atoms with Crippen molar-refractivity contribution in [3.8, 4) is 0 Å². The van der Waals surface area contributed by atoms with Crippen molar-refractivity contribution in [2.75, 3.05) is 26.2 Å².